The number of benzene rings is 1. The largest absolute Gasteiger partial charge is 0.469 e. The second-order valence-electron chi connectivity index (χ2n) is 4.57. The highest BCUT2D eigenvalue weighted by Gasteiger charge is 2.35. The highest BCUT2D eigenvalue weighted by molar-refractivity contribution is 5.73. The maximum Gasteiger partial charge on any atom is 0.312 e. The summed E-state index contributed by atoms with van der Waals surface area (Å²) in [6.45, 7) is 3.07. The van der Waals surface area contributed by atoms with E-state index in [0.717, 1.165) is 0 Å². The molecule has 1 saturated heterocycles. The van der Waals surface area contributed by atoms with Gasteiger partial charge in [0, 0.05) is 12.1 Å². The van der Waals surface area contributed by atoms with E-state index in [2.05, 4.69) is 24.4 Å². The number of hydrogen-bond acceptors (Lipinski definition) is 4. The molecule has 0 saturated carbocycles. The van der Waals surface area contributed by atoms with Crippen LogP contribution in [0, 0.1) is 5.92 Å². The van der Waals surface area contributed by atoms with Crippen LogP contribution < -0.4 is 5.32 Å². The second-order valence-corrected chi connectivity index (χ2v) is 4.57. The van der Waals surface area contributed by atoms with Crippen molar-refractivity contribution in [2.24, 2.45) is 5.92 Å². The van der Waals surface area contributed by atoms with Crippen LogP contribution in [0.4, 0.5) is 0 Å². The number of nitrogens with one attached hydrogen (secondary N) is 1. The van der Waals surface area contributed by atoms with Crippen molar-refractivity contribution < 1.29 is 14.3 Å². The van der Waals surface area contributed by atoms with E-state index in [9.17, 15) is 4.79 Å². The van der Waals surface area contributed by atoms with Gasteiger partial charge >= 0.3 is 5.97 Å². The molecule has 1 fully saturated rings. The molecule has 4 heteroatoms. The maximum absolute atomic E-state index is 11.6. The van der Waals surface area contributed by atoms with Crippen LogP contribution in [-0.4, -0.2) is 32.3 Å². The lowest BCUT2D eigenvalue weighted by atomic mass is 10.0. The van der Waals surface area contributed by atoms with E-state index in [1.54, 1.807) is 0 Å². The first-order valence-corrected chi connectivity index (χ1v) is 6.19. The molecule has 0 aliphatic carbocycles. The Morgan fingerprint density at radius 2 is 2.11 bits per heavy atom. The first kappa shape index (κ1) is 13.1. The smallest absolute Gasteiger partial charge is 0.312 e. The van der Waals surface area contributed by atoms with Crippen LogP contribution >= 0.6 is 0 Å². The zero-order chi connectivity index (χ0) is 13.0. The predicted octanol–water partition coefficient (Wildman–Crippen LogP) is 1.53. The van der Waals surface area contributed by atoms with Crippen LogP contribution in [0.5, 0.6) is 0 Å². The van der Waals surface area contributed by atoms with Crippen molar-refractivity contribution in [3.63, 3.8) is 0 Å². The van der Waals surface area contributed by atoms with Gasteiger partial charge in [-0.25, -0.2) is 0 Å². The Hall–Kier alpha value is -1.39. The molecule has 4 nitrogen and oxygen atoms in total. The van der Waals surface area contributed by atoms with Gasteiger partial charge in [-0.1, -0.05) is 30.3 Å². The molecular formula is C14H19NO3. The summed E-state index contributed by atoms with van der Waals surface area (Å²) in [5.74, 6) is -0.411. The fourth-order valence-electron chi connectivity index (χ4n) is 2.26. The number of hydrogen-bond donors (Lipinski definition) is 1. The second kappa shape index (κ2) is 5.98. The van der Waals surface area contributed by atoms with Crippen molar-refractivity contribution in [3.8, 4) is 0 Å². The third-order valence-electron chi connectivity index (χ3n) is 3.35. The van der Waals surface area contributed by atoms with Crippen molar-refractivity contribution in [3.05, 3.63) is 35.9 Å². The average molecular weight is 249 g/mol. The maximum atomic E-state index is 11.6. The van der Waals surface area contributed by atoms with Crippen molar-refractivity contribution in [2.45, 2.75) is 19.0 Å². The summed E-state index contributed by atoms with van der Waals surface area (Å²) in [6.07, 6.45) is 0. The number of carbonyl (C=O) groups is 1. The van der Waals surface area contributed by atoms with Gasteiger partial charge in [0.1, 0.15) is 0 Å². The number of ether oxygens (including phenoxy) is 2. The van der Waals surface area contributed by atoms with Gasteiger partial charge < -0.3 is 14.8 Å². The van der Waals surface area contributed by atoms with E-state index in [4.69, 9.17) is 9.47 Å². The molecule has 1 aromatic carbocycles. The lowest BCUT2D eigenvalue weighted by molar-refractivity contribution is -0.145. The Balaban J connectivity index is 1.98. The van der Waals surface area contributed by atoms with Crippen LogP contribution in [0.3, 0.4) is 0 Å². The molecule has 0 amide bonds. The first-order chi connectivity index (χ1) is 8.72. The number of esters is 1. The summed E-state index contributed by atoms with van der Waals surface area (Å²) >= 11 is 0. The molecule has 1 aliphatic heterocycles. The Bertz CT molecular complexity index is 393. The summed E-state index contributed by atoms with van der Waals surface area (Å²) in [4.78, 5) is 11.6. The zero-order valence-corrected chi connectivity index (χ0v) is 10.8. The molecule has 98 valence electrons. The minimum atomic E-state index is -0.207. The molecular weight excluding hydrogens is 230 g/mol. The summed E-state index contributed by atoms with van der Waals surface area (Å²) in [7, 11) is 1.42. The van der Waals surface area contributed by atoms with Gasteiger partial charge in [0.2, 0.25) is 0 Å². The lowest BCUT2D eigenvalue weighted by Crippen LogP contribution is -2.41. The minimum Gasteiger partial charge on any atom is -0.469 e. The Morgan fingerprint density at radius 1 is 1.39 bits per heavy atom. The Labute approximate surface area is 107 Å². The van der Waals surface area contributed by atoms with Gasteiger partial charge in [0.25, 0.3) is 0 Å². The molecule has 1 aromatic rings. The van der Waals surface area contributed by atoms with Crippen LogP contribution in [0.2, 0.25) is 0 Å². The summed E-state index contributed by atoms with van der Waals surface area (Å²) in [6, 6.07) is 10.4. The lowest BCUT2D eigenvalue weighted by Gasteiger charge is -2.22. The normalized spacial score (nSPS) is 24.8. The van der Waals surface area contributed by atoms with Crippen LogP contribution in [-0.2, 0) is 14.3 Å². The fraction of sp³-hybridized carbons (Fsp3) is 0.500. The van der Waals surface area contributed by atoms with Gasteiger partial charge in [-0.2, -0.15) is 0 Å². The molecule has 1 N–H and O–H groups in total. The van der Waals surface area contributed by atoms with Crippen molar-refractivity contribution in [1.29, 1.82) is 0 Å². The van der Waals surface area contributed by atoms with Gasteiger partial charge in [0.15, 0.2) is 0 Å². The van der Waals surface area contributed by atoms with E-state index >= 15 is 0 Å². The zero-order valence-electron chi connectivity index (χ0n) is 10.8. The first-order valence-electron chi connectivity index (χ1n) is 6.19. The third-order valence-corrected chi connectivity index (χ3v) is 3.35. The van der Waals surface area contributed by atoms with E-state index < -0.39 is 0 Å². The molecule has 0 spiro atoms. The van der Waals surface area contributed by atoms with E-state index in [-0.39, 0.29) is 24.0 Å². The van der Waals surface area contributed by atoms with Gasteiger partial charge in [0.05, 0.1) is 26.2 Å². The molecule has 0 bridgehead atoms. The van der Waals surface area contributed by atoms with Gasteiger partial charge in [-0.3, -0.25) is 4.79 Å². The molecule has 0 aromatic heterocycles. The molecule has 18 heavy (non-hydrogen) atoms. The monoisotopic (exact) mass is 249 g/mol. The van der Waals surface area contributed by atoms with E-state index in [1.165, 1.54) is 12.7 Å². The highest BCUT2D eigenvalue weighted by Crippen LogP contribution is 2.20. The van der Waals surface area contributed by atoms with Crippen molar-refractivity contribution >= 4 is 5.97 Å². The van der Waals surface area contributed by atoms with E-state index in [0.29, 0.717) is 13.2 Å². The van der Waals surface area contributed by atoms with Gasteiger partial charge in [-0.05, 0) is 12.5 Å². The Kier molecular flexibility index (Phi) is 4.33. The van der Waals surface area contributed by atoms with Crippen LogP contribution in [0.15, 0.2) is 30.3 Å². The van der Waals surface area contributed by atoms with Crippen molar-refractivity contribution in [1.82, 2.24) is 5.32 Å². The fourth-order valence-corrected chi connectivity index (χ4v) is 2.26. The number of methoxy groups -OCH3 is 1. The molecule has 1 heterocycles. The number of rotatable bonds is 4. The third kappa shape index (κ3) is 2.89. The van der Waals surface area contributed by atoms with Crippen LogP contribution in [0.25, 0.3) is 0 Å². The van der Waals surface area contributed by atoms with Crippen molar-refractivity contribution in [2.75, 3.05) is 20.3 Å². The standard InChI is InChI=1S/C14H19NO3/c1-10(11-6-4-3-5-7-11)15-13-9-18-8-12(13)14(16)17-2/h3-7,10,12-13,15H,8-9H2,1-2H3/t10-,12-,13-/m0/s1. The SMILES string of the molecule is COC(=O)[C@H]1COC[C@@H]1N[C@@H](C)c1ccccc1. The number of carbonyl (C=O) groups excluding carboxylic acids is 1. The van der Waals surface area contributed by atoms with Crippen LogP contribution in [0.1, 0.15) is 18.5 Å². The predicted molar refractivity (Wildman–Crippen MR) is 68.1 cm³/mol. The summed E-state index contributed by atoms with van der Waals surface area (Å²) < 4.78 is 10.2. The average Bonchev–Trinajstić information content (AvgIpc) is 2.87. The topological polar surface area (TPSA) is 47.6 Å². The summed E-state index contributed by atoms with van der Waals surface area (Å²) in [5, 5.41) is 3.43. The van der Waals surface area contributed by atoms with E-state index in [1.807, 2.05) is 18.2 Å². The minimum absolute atomic E-state index is 0.0210. The molecule has 3 atom stereocenters. The Morgan fingerprint density at radius 3 is 2.78 bits per heavy atom. The molecule has 0 unspecified atom stereocenters. The highest BCUT2D eigenvalue weighted by atomic mass is 16.5. The molecule has 0 radical (unpaired) electrons. The quantitative estimate of drug-likeness (QED) is 0.822. The van der Waals surface area contributed by atoms with Gasteiger partial charge in [-0.15, -0.1) is 0 Å². The summed E-state index contributed by atoms with van der Waals surface area (Å²) in [5.41, 5.74) is 1.20. The molecule has 2 rings (SSSR count). The molecule has 1 aliphatic rings.